The Hall–Kier alpha value is -4.36. The van der Waals surface area contributed by atoms with Gasteiger partial charge in [0, 0.05) is 77.4 Å². The number of hydrogen-bond acceptors (Lipinski definition) is 12. The van der Waals surface area contributed by atoms with Crippen molar-refractivity contribution in [2.24, 2.45) is 41.2 Å². The van der Waals surface area contributed by atoms with E-state index in [2.05, 4.69) is 53.2 Å². The lowest BCUT2D eigenvalue weighted by molar-refractivity contribution is -0.129. The van der Waals surface area contributed by atoms with Crippen LogP contribution in [0.3, 0.4) is 0 Å². The fourth-order valence-corrected chi connectivity index (χ4v) is 7.93. The quantitative estimate of drug-likeness (QED) is 0.0717. The lowest BCUT2D eigenvalue weighted by Gasteiger charge is -2.28. The predicted octanol–water partition coefficient (Wildman–Crippen LogP) is -4.40. The summed E-state index contributed by atoms with van der Waals surface area (Å²) in [5.41, 5.74) is 6.27. The second-order valence-electron chi connectivity index (χ2n) is 15.6. The number of benzene rings is 1. The highest BCUT2D eigenvalue weighted by Crippen LogP contribution is 2.19. The van der Waals surface area contributed by atoms with E-state index in [0.717, 1.165) is 5.56 Å². The van der Waals surface area contributed by atoms with Crippen molar-refractivity contribution in [1.29, 1.82) is 0 Å². The van der Waals surface area contributed by atoms with Crippen LogP contribution in [0.2, 0.25) is 0 Å². The summed E-state index contributed by atoms with van der Waals surface area (Å²) < 4.78 is 0. The summed E-state index contributed by atoms with van der Waals surface area (Å²) in [6.07, 6.45) is 0.260. The number of phenols is 1. The molecule has 0 bridgehead atoms. The average Bonchev–Trinajstić information content (AvgIpc) is 3.98. The first kappa shape index (κ1) is 41.8. The van der Waals surface area contributed by atoms with E-state index < -0.39 is 53.7 Å². The van der Waals surface area contributed by atoms with Crippen LogP contribution in [0.15, 0.2) is 24.3 Å². The molecule has 5 rings (SSSR count). The smallest absolute Gasteiger partial charge is 0.226 e. The van der Waals surface area contributed by atoms with Crippen LogP contribution in [0.1, 0.15) is 25.8 Å². The monoisotopic (exact) mass is 769 g/mol. The first-order valence-electron chi connectivity index (χ1n) is 19.4. The zero-order valence-electron chi connectivity index (χ0n) is 31.9. The predicted molar refractivity (Wildman–Crippen MR) is 203 cm³/mol. The number of carbonyl (C=O) groups excluding carboxylic acids is 6. The first-order chi connectivity index (χ1) is 26.3. The molecule has 13 N–H and O–H groups in total. The summed E-state index contributed by atoms with van der Waals surface area (Å²) in [4.78, 5) is 79.1. The Bertz CT molecular complexity index is 1530. The Kier molecular flexibility index (Phi) is 14.8. The van der Waals surface area contributed by atoms with Gasteiger partial charge in [-0.1, -0.05) is 26.0 Å². The Morgan fingerprint density at radius 3 is 1.82 bits per heavy atom. The fraction of sp³-hybridized carbons (Fsp3) is 0.676. The van der Waals surface area contributed by atoms with Crippen LogP contribution in [0, 0.1) is 35.5 Å². The van der Waals surface area contributed by atoms with Gasteiger partial charge in [0.1, 0.15) is 5.75 Å². The molecule has 0 saturated carbocycles. The van der Waals surface area contributed by atoms with Gasteiger partial charge in [-0.15, -0.1) is 0 Å². The van der Waals surface area contributed by atoms with Gasteiger partial charge in [-0.3, -0.25) is 28.8 Å². The van der Waals surface area contributed by atoms with Gasteiger partial charge >= 0.3 is 0 Å². The molecule has 0 aliphatic carbocycles. The van der Waals surface area contributed by atoms with Gasteiger partial charge in [-0.2, -0.15) is 0 Å². The van der Waals surface area contributed by atoms with E-state index in [9.17, 15) is 33.9 Å². The van der Waals surface area contributed by atoms with Crippen molar-refractivity contribution in [3.8, 4) is 5.75 Å². The van der Waals surface area contributed by atoms with Gasteiger partial charge in [0.05, 0.1) is 47.7 Å². The van der Waals surface area contributed by atoms with Gasteiger partial charge < -0.3 is 64.0 Å². The van der Waals surface area contributed by atoms with E-state index in [4.69, 9.17) is 5.73 Å². The highest BCUT2D eigenvalue weighted by Gasteiger charge is 2.40. The van der Waals surface area contributed by atoms with Gasteiger partial charge in [0.25, 0.3) is 0 Å². The third-order valence-electron chi connectivity index (χ3n) is 11.5. The number of nitrogens with two attached hydrogens (primary N) is 1. The Balaban J connectivity index is 1.19. The van der Waals surface area contributed by atoms with Crippen LogP contribution in [-0.2, 0) is 35.2 Å². The molecule has 6 amide bonds. The number of phenolic OH excluding ortho intramolecular Hbond substituents is 1. The lowest BCUT2D eigenvalue weighted by Crippen LogP contribution is -2.53. The molecule has 4 aliphatic heterocycles. The molecule has 4 heterocycles. The lowest BCUT2D eigenvalue weighted by atomic mass is 9.94. The summed E-state index contributed by atoms with van der Waals surface area (Å²) >= 11 is 0. The van der Waals surface area contributed by atoms with Crippen LogP contribution in [0.25, 0.3) is 0 Å². The molecule has 0 aromatic heterocycles. The Labute approximate surface area is 321 Å². The Morgan fingerprint density at radius 2 is 1.24 bits per heavy atom. The molecular weight excluding hydrogens is 710 g/mol. The number of amides is 6. The van der Waals surface area contributed by atoms with E-state index >= 15 is 0 Å². The summed E-state index contributed by atoms with van der Waals surface area (Å²) in [6.45, 7) is 7.35. The maximum atomic E-state index is 14.0. The van der Waals surface area contributed by atoms with E-state index in [0.29, 0.717) is 52.4 Å². The molecule has 10 atom stereocenters. The number of nitrogens with one attached hydrogen (secondary N) is 10. The average molecular weight is 770 g/mol. The van der Waals surface area contributed by atoms with Gasteiger partial charge in [-0.25, -0.2) is 0 Å². The maximum Gasteiger partial charge on any atom is 0.226 e. The molecule has 1 aromatic carbocycles. The zero-order chi connectivity index (χ0) is 39.6. The minimum Gasteiger partial charge on any atom is -0.508 e. The summed E-state index contributed by atoms with van der Waals surface area (Å²) in [7, 11) is 1.82. The van der Waals surface area contributed by atoms with Gasteiger partial charge in [0.15, 0.2) is 0 Å². The summed E-state index contributed by atoms with van der Waals surface area (Å²) in [5, 5.41) is 40.6. The minimum atomic E-state index is -0.720. The summed E-state index contributed by atoms with van der Waals surface area (Å²) in [5.74, 6) is -4.49. The molecule has 4 aliphatic rings. The maximum absolute atomic E-state index is 14.0. The van der Waals surface area contributed by atoms with E-state index in [1.165, 1.54) is 12.1 Å². The molecule has 18 heteroatoms. The first-order valence-corrected chi connectivity index (χ1v) is 19.4. The number of hydrogen-bond donors (Lipinski definition) is 12. The fourth-order valence-electron chi connectivity index (χ4n) is 7.93. The van der Waals surface area contributed by atoms with Crippen molar-refractivity contribution in [1.82, 2.24) is 53.2 Å². The van der Waals surface area contributed by atoms with E-state index in [1.807, 2.05) is 20.9 Å². The molecule has 0 spiro atoms. The van der Waals surface area contributed by atoms with Crippen molar-refractivity contribution in [2.75, 3.05) is 66.0 Å². The van der Waals surface area contributed by atoms with Crippen molar-refractivity contribution in [3.05, 3.63) is 29.8 Å². The molecular formula is C37H59N11O7. The molecule has 0 unspecified atom stereocenters. The number of aromatic hydroxyl groups is 1. The second kappa shape index (κ2) is 19.5. The third kappa shape index (κ3) is 11.1. The number of carbonyl (C=O) groups is 6. The van der Waals surface area contributed by atoms with Crippen LogP contribution in [0.5, 0.6) is 5.75 Å². The summed E-state index contributed by atoms with van der Waals surface area (Å²) in [6, 6.07) is 4.61. The molecule has 4 fully saturated rings. The molecule has 18 nitrogen and oxygen atoms in total. The highest BCUT2D eigenvalue weighted by atomic mass is 16.3. The number of likely N-dealkylation sites (N-methyl/N-ethyl adjacent to an activating group) is 1. The molecule has 1 aromatic rings. The van der Waals surface area contributed by atoms with Crippen molar-refractivity contribution >= 4 is 35.4 Å². The van der Waals surface area contributed by atoms with Gasteiger partial charge in [-0.05, 0) is 37.1 Å². The number of rotatable bonds is 17. The van der Waals surface area contributed by atoms with Gasteiger partial charge in [0.2, 0.25) is 35.4 Å². The van der Waals surface area contributed by atoms with Crippen LogP contribution < -0.4 is 58.9 Å². The Morgan fingerprint density at radius 1 is 0.709 bits per heavy atom. The minimum absolute atomic E-state index is 0.00275. The van der Waals surface area contributed by atoms with E-state index in [-0.39, 0.29) is 72.5 Å². The topological polar surface area (TPSA) is 269 Å². The van der Waals surface area contributed by atoms with Crippen LogP contribution in [0.4, 0.5) is 0 Å². The standard InChI is InChI=1S/C37H59N11O7/c1-19(2)27(9-32(50)45-29-16-40-11-23(29)33(38)51)46-37(55)26-14-43-18-31(26)47-34(52)21(8-20-4-6-22(49)7-5-20)10-44-35(53)25-13-42-17-30(25)48-36(54)24-12-41-15-28(24)39-3/h4-7,19,21,23-31,39-43,49H,8-18H2,1-3H3,(H2,38,51)(H,44,53)(H,45,50)(H,46,55)(H,47,52)(H,48,54)/t21-,23-,24-,25-,26-,27+,28-,29-,30-,31-/m0/s1. The third-order valence-corrected chi connectivity index (χ3v) is 11.5. The van der Waals surface area contributed by atoms with Crippen molar-refractivity contribution in [2.45, 2.75) is 56.9 Å². The normalized spacial score (nSPS) is 28.7. The molecule has 55 heavy (non-hydrogen) atoms. The highest BCUT2D eigenvalue weighted by molar-refractivity contribution is 5.87. The van der Waals surface area contributed by atoms with Crippen LogP contribution in [-0.4, -0.2) is 137 Å². The van der Waals surface area contributed by atoms with E-state index in [1.54, 1.807) is 12.1 Å². The number of primary amides is 1. The molecule has 4 saturated heterocycles. The molecule has 0 radical (unpaired) electrons. The zero-order valence-corrected chi connectivity index (χ0v) is 31.9. The SMILES string of the molecule is CN[C@H]1CNC[C@@H]1C(=O)N[C@H]1CNC[C@@H]1C(=O)NC[C@H](Cc1ccc(O)cc1)C(=O)N[C@H]1CNC[C@@H]1C(=O)N[C@H](CC(=O)N[C@H]1CNC[C@@H]1C(N)=O)C(C)C. The second-order valence-corrected chi connectivity index (χ2v) is 15.6. The van der Waals surface area contributed by atoms with Crippen LogP contribution >= 0.6 is 0 Å². The largest absolute Gasteiger partial charge is 0.508 e. The van der Waals surface area contributed by atoms with Crippen molar-refractivity contribution < 1.29 is 33.9 Å². The molecule has 304 valence electrons. The van der Waals surface area contributed by atoms with Crippen molar-refractivity contribution in [3.63, 3.8) is 0 Å².